The number of benzene rings is 1. The van der Waals surface area contributed by atoms with Crippen molar-refractivity contribution in [1.29, 1.82) is 0 Å². The molecule has 1 N–H and O–H groups in total. The number of aliphatic hydroxyl groups is 1. The Balaban J connectivity index is 1.77. The fourth-order valence-corrected chi connectivity index (χ4v) is 3.15. The summed E-state index contributed by atoms with van der Waals surface area (Å²) in [6, 6.07) is 9.11. The summed E-state index contributed by atoms with van der Waals surface area (Å²) in [5.41, 5.74) is 2.94. The normalized spacial score (nSPS) is 30.3. The predicted molar refractivity (Wildman–Crippen MR) is 64.2 cm³/mol. The molecule has 1 aromatic rings. The molecule has 1 heterocycles. The number of rotatable bonds is 1. The lowest BCUT2D eigenvalue weighted by Crippen LogP contribution is -2.43. The first kappa shape index (κ1) is 10.3. The Kier molecular flexibility index (Phi) is 2.70. The van der Waals surface area contributed by atoms with Crippen LogP contribution in [-0.2, 0) is 13.0 Å². The molecule has 2 atom stereocenters. The molecule has 1 fully saturated rings. The SMILES string of the molecule is O[C@@H]1CCC[C@H]1N1CCc2ccccc2C1. The predicted octanol–water partition coefficient (Wildman–Crippen LogP) is 1.96. The lowest BCUT2D eigenvalue weighted by molar-refractivity contribution is 0.0626. The minimum atomic E-state index is -0.0923. The monoisotopic (exact) mass is 217 g/mol. The van der Waals surface area contributed by atoms with E-state index >= 15 is 0 Å². The molecule has 2 heteroatoms. The molecule has 16 heavy (non-hydrogen) atoms. The van der Waals surface area contributed by atoms with E-state index in [9.17, 15) is 5.11 Å². The van der Waals surface area contributed by atoms with Crippen molar-refractivity contribution in [3.05, 3.63) is 35.4 Å². The van der Waals surface area contributed by atoms with Crippen LogP contribution in [0.2, 0.25) is 0 Å². The zero-order chi connectivity index (χ0) is 11.0. The second-order valence-electron chi connectivity index (χ2n) is 5.05. The fourth-order valence-electron chi connectivity index (χ4n) is 3.15. The molecule has 3 rings (SSSR count). The Hall–Kier alpha value is -0.860. The number of fused-ring (bicyclic) bond motifs is 1. The smallest absolute Gasteiger partial charge is 0.0695 e. The van der Waals surface area contributed by atoms with Gasteiger partial charge in [-0.05, 0) is 36.8 Å². The summed E-state index contributed by atoms with van der Waals surface area (Å²) in [5.74, 6) is 0. The first-order valence-electron chi connectivity index (χ1n) is 6.33. The molecule has 86 valence electrons. The van der Waals surface area contributed by atoms with Crippen LogP contribution in [0.25, 0.3) is 0 Å². The third-order valence-electron chi connectivity index (χ3n) is 4.07. The van der Waals surface area contributed by atoms with E-state index in [2.05, 4.69) is 29.2 Å². The summed E-state index contributed by atoms with van der Waals surface area (Å²) in [6.07, 6.45) is 4.39. The quantitative estimate of drug-likeness (QED) is 0.777. The van der Waals surface area contributed by atoms with Crippen molar-refractivity contribution in [2.75, 3.05) is 6.54 Å². The van der Waals surface area contributed by atoms with Crippen LogP contribution in [0.5, 0.6) is 0 Å². The largest absolute Gasteiger partial charge is 0.391 e. The van der Waals surface area contributed by atoms with Gasteiger partial charge in [-0.3, -0.25) is 4.90 Å². The number of hydrogen-bond acceptors (Lipinski definition) is 2. The van der Waals surface area contributed by atoms with Crippen molar-refractivity contribution < 1.29 is 5.11 Å². The van der Waals surface area contributed by atoms with Gasteiger partial charge in [-0.2, -0.15) is 0 Å². The standard InChI is InChI=1S/C14H19NO/c16-14-7-3-6-13(14)15-9-8-11-4-1-2-5-12(11)10-15/h1-2,4-5,13-14,16H,3,6-10H2/t13-,14-/m1/s1. The van der Waals surface area contributed by atoms with Gasteiger partial charge in [-0.1, -0.05) is 24.3 Å². The van der Waals surface area contributed by atoms with Crippen LogP contribution in [-0.4, -0.2) is 28.7 Å². The Bertz CT molecular complexity index is 377. The van der Waals surface area contributed by atoms with Crippen LogP contribution < -0.4 is 0 Å². The van der Waals surface area contributed by atoms with Crippen LogP contribution in [0.4, 0.5) is 0 Å². The van der Waals surface area contributed by atoms with Gasteiger partial charge in [0.15, 0.2) is 0 Å². The number of hydrogen-bond donors (Lipinski definition) is 1. The van der Waals surface area contributed by atoms with Gasteiger partial charge in [0.25, 0.3) is 0 Å². The maximum absolute atomic E-state index is 9.95. The highest BCUT2D eigenvalue weighted by Crippen LogP contribution is 2.28. The number of nitrogens with zero attached hydrogens (tertiary/aromatic N) is 1. The molecule has 1 saturated carbocycles. The van der Waals surface area contributed by atoms with E-state index in [0.29, 0.717) is 6.04 Å². The summed E-state index contributed by atoms with van der Waals surface area (Å²) in [5, 5.41) is 9.95. The van der Waals surface area contributed by atoms with E-state index in [4.69, 9.17) is 0 Å². The zero-order valence-corrected chi connectivity index (χ0v) is 9.60. The van der Waals surface area contributed by atoms with Crippen molar-refractivity contribution in [2.24, 2.45) is 0 Å². The Labute approximate surface area is 96.9 Å². The molecular formula is C14H19NO. The highest BCUT2D eigenvalue weighted by molar-refractivity contribution is 5.29. The number of aliphatic hydroxyl groups excluding tert-OH is 1. The summed E-state index contributed by atoms with van der Waals surface area (Å²) < 4.78 is 0. The minimum Gasteiger partial charge on any atom is -0.391 e. The third kappa shape index (κ3) is 1.76. The highest BCUT2D eigenvalue weighted by atomic mass is 16.3. The van der Waals surface area contributed by atoms with Gasteiger partial charge in [-0.15, -0.1) is 0 Å². The van der Waals surface area contributed by atoms with Crippen LogP contribution in [0.15, 0.2) is 24.3 Å². The summed E-state index contributed by atoms with van der Waals surface area (Å²) in [6.45, 7) is 2.14. The lowest BCUT2D eigenvalue weighted by Gasteiger charge is -2.35. The first-order chi connectivity index (χ1) is 7.84. The molecular weight excluding hydrogens is 198 g/mol. The van der Waals surface area contributed by atoms with Gasteiger partial charge in [-0.25, -0.2) is 0 Å². The molecule has 0 bridgehead atoms. The van der Waals surface area contributed by atoms with Gasteiger partial charge in [0, 0.05) is 19.1 Å². The van der Waals surface area contributed by atoms with Gasteiger partial charge < -0.3 is 5.11 Å². The van der Waals surface area contributed by atoms with Crippen LogP contribution in [0, 0.1) is 0 Å². The Morgan fingerprint density at radius 2 is 1.94 bits per heavy atom. The topological polar surface area (TPSA) is 23.5 Å². The molecule has 0 unspecified atom stereocenters. The van der Waals surface area contributed by atoms with E-state index in [1.165, 1.54) is 24.0 Å². The first-order valence-corrected chi connectivity index (χ1v) is 6.33. The zero-order valence-electron chi connectivity index (χ0n) is 9.60. The maximum atomic E-state index is 9.95. The van der Waals surface area contributed by atoms with Crippen LogP contribution in [0.3, 0.4) is 0 Å². The van der Waals surface area contributed by atoms with E-state index in [0.717, 1.165) is 25.9 Å². The molecule has 1 aliphatic carbocycles. The molecule has 1 aromatic carbocycles. The second-order valence-corrected chi connectivity index (χ2v) is 5.05. The van der Waals surface area contributed by atoms with Crippen molar-refractivity contribution in [3.8, 4) is 0 Å². The van der Waals surface area contributed by atoms with Crippen LogP contribution >= 0.6 is 0 Å². The van der Waals surface area contributed by atoms with Gasteiger partial charge >= 0.3 is 0 Å². The van der Waals surface area contributed by atoms with Gasteiger partial charge in [0.1, 0.15) is 0 Å². The average Bonchev–Trinajstić information content (AvgIpc) is 2.75. The van der Waals surface area contributed by atoms with Crippen molar-refractivity contribution >= 4 is 0 Å². The van der Waals surface area contributed by atoms with Crippen molar-refractivity contribution in [2.45, 2.75) is 44.4 Å². The molecule has 2 nitrogen and oxygen atoms in total. The molecule has 2 aliphatic rings. The maximum Gasteiger partial charge on any atom is 0.0695 e. The van der Waals surface area contributed by atoms with E-state index in [1.54, 1.807) is 0 Å². The Morgan fingerprint density at radius 3 is 2.69 bits per heavy atom. The van der Waals surface area contributed by atoms with Crippen molar-refractivity contribution in [3.63, 3.8) is 0 Å². The minimum absolute atomic E-state index is 0.0923. The summed E-state index contributed by atoms with van der Waals surface area (Å²) >= 11 is 0. The van der Waals surface area contributed by atoms with Gasteiger partial charge in [0.2, 0.25) is 0 Å². The second kappa shape index (κ2) is 4.19. The van der Waals surface area contributed by atoms with Crippen LogP contribution in [0.1, 0.15) is 30.4 Å². The average molecular weight is 217 g/mol. The molecule has 0 spiro atoms. The molecule has 0 radical (unpaired) electrons. The summed E-state index contributed by atoms with van der Waals surface area (Å²) in [7, 11) is 0. The lowest BCUT2D eigenvalue weighted by atomic mass is 9.98. The fraction of sp³-hybridized carbons (Fsp3) is 0.571. The summed E-state index contributed by atoms with van der Waals surface area (Å²) in [4.78, 5) is 2.47. The highest BCUT2D eigenvalue weighted by Gasteiger charge is 2.32. The van der Waals surface area contributed by atoms with Crippen molar-refractivity contribution in [1.82, 2.24) is 4.90 Å². The third-order valence-corrected chi connectivity index (χ3v) is 4.07. The molecule has 0 aromatic heterocycles. The van der Waals surface area contributed by atoms with E-state index in [1.807, 2.05) is 0 Å². The molecule has 0 saturated heterocycles. The van der Waals surface area contributed by atoms with E-state index < -0.39 is 0 Å². The van der Waals surface area contributed by atoms with E-state index in [-0.39, 0.29) is 6.10 Å². The molecule has 1 aliphatic heterocycles. The molecule has 0 amide bonds. The van der Waals surface area contributed by atoms with Gasteiger partial charge in [0.05, 0.1) is 6.10 Å². The Morgan fingerprint density at radius 1 is 1.12 bits per heavy atom.